The lowest BCUT2D eigenvalue weighted by molar-refractivity contribution is -0.117. The van der Waals surface area contributed by atoms with Gasteiger partial charge in [-0.15, -0.1) is 0 Å². The predicted molar refractivity (Wildman–Crippen MR) is 95.2 cm³/mol. The van der Waals surface area contributed by atoms with Crippen LogP contribution in [0.3, 0.4) is 0 Å². The molecule has 0 aliphatic rings. The summed E-state index contributed by atoms with van der Waals surface area (Å²) in [6.45, 7) is 4.10. The number of anilines is 1. The first-order valence-electron chi connectivity index (χ1n) is 6.99. The Labute approximate surface area is 139 Å². The molecule has 110 valence electrons. The lowest BCUT2D eigenvalue weighted by Gasteiger charge is -2.20. The molecule has 2 aromatic rings. The van der Waals surface area contributed by atoms with Crippen LogP contribution in [-0.2, 0) is 11.3 Å². The van der Waals surface area contributed by atoms with Crippen LogP contribution in [-0.4, -0.2) is 23.9 Å². The Morgan fingerprint density at radius 3 is 2.43 bits per heavy atom. The Balaban J connectivity index is 1.92. The van der Waals surface area contributed by atoms with E-state index in [1.165, 1.54) is 5.56 Å². The van der Waals surface area contributed by atoms with Gasteiger partial charge >= 0.3 is 0 Å². The van der Waals surface area contributed by atoms with Gasteiger partial charge in [-0.05, 0) is 46.8 Å². The first-order valence-corrected chi connectivity index (χ1v) is 8.07. The standard InChI is InChI=1S/C17H19IN2O/c1-2-20(12-14-8-4-3-5-9-14)13-17(21)19-16-11-7-6-10-15(16)18/h3-11H,2,12-13H2,1H3,(H,19,21). The van der Waals surface area contributed by atoms with Gasteiger partial charge in [-0.25, -0.2) is 0 Å². The maximum absolute atomic E-state index is 12.2. The van der Waals surface area contributed by atoms with Gasteiger partial charge in [0, 0.05) is 10.1 Å². The van der Waals surface area contributed by atoms with E-state index in [4.69, 9.17) is 0 Å². The highest BCUT2D eigenvalue weighted by Crippen LogP contribution is 2.16. The van der Waals surface area contributed by atoms with Crippen LogP contribution in [0.4, 0.5) is 5.69 Å². The number of amides is 1. The molecular formula is C17H19IN2O. The third-order valence-corrected chi connectivity index (χ3v) is 4.15. The normalized spacial score (nSPS) is 10.6. The van der Waals surface area contributed by atoms with Gasteiger partial charge in [0.25, 0.3) is 0 Å². The van der Waals surface area contributed by atoms with Crippen LogP contribution in [0.1, 0.15) is 12.5 Å². The highest BCUT2D eigenvalue weighted by atomic mass is 127. The van der Waals surface area contributed by atoms with Crippen molar-refractivity contribution in [1.82, 2.24) is 4.90 Å². The minimum atomic E-state index is 0.0249. The molecule has 0 atom stereocenters. The molecule has 0 aromatic heterocycles. The van der Waals surface area contributed by atoms with E-state index in [0.29, 0.717) is 6.54 Å². The van der Waals surface area contributed by atoms with Gasteiger partial charge in [0.1, 0.15) is 0 Å². The first-order chi connectivity index (χ1) is 10.2. The SMILES string of the molecule is CCN(CC(=O)Nc1ccccc1I)Cc1ccccc1. The first kappa shape index (κ1) is 16.0. The van der Waals surface area contributed by atoms with Crippen LogP contribution in [0.25, 0.3) is 0 Å². The lowest BCUT2D eigenvalue weighted by atomic mass is 10.2. The zero-order chi connectivity index (χ0) is 15.1. The zero-order valence-electron chi connectivity index (χ0n) is 12.1. The third-order valence-electron chi connectivity index (χ3n) is 3.21. The van der Waals surface area contributed by atoms with E-state index in [0.717, 1.165) is 22.3 Å². The molecule has 0 bridgehead atoms. The Morgan fingerprint density at radius 1 is 1.10 bits per heavy atom. The van der Waals surface area contributed by atoms with Gasteiger partial charge in [-0.1, -0.05) is 49.4 Å². The second-order valence-corrected chi connectivity index (χ2v) is 5.98. The van der Waals surface area contributed by atoms with E-state index in [1.807, 2.05) is 42.5 Å². The number of nitrogens with one attached hydrogen (secondary N) is 1. The van der Waals surface area contributed by atoms with Gasteiger partial charge in [-0.2, -0.15) is 0 Å². The van der Waals surface area contributed by atoms with Crippen molar-refractivity contribution in [2.24, 2.45) is 0 Å². The summed E-state index contributed by atoms with van der Waals surface area (Å²) in [7, 11) is 0. The average Bonchev–Trinajstić information content (AvgIpc) is 2.50. The molecule has 21 heavy (non-hydrogen) atoms. The van der Waals surface area contributed by atoms with E-state index in [9.17, 15) is 4.79 Å². The fraction of sp³-hybridized carbons (Fsp3) is 0.235. The molecule has 4 heteroatoms. The van der Waals surface area contributed by atoms with Crippen molar-refractivity contribution in [3.63, 3.8) is 0 Å². The molecule has 0 aliphatic carbocycles. The summed E-state index contributed by atoms with van der Waals surface area (Å²) < 4.78 is 1.05. The van der Waals surface area contributed by atoms with E-state index in [1.54, 1.807) is 0 Å². The molecule has 0 saturated heterocycles. The second kappa shape index (κ2) is 8.14. The van der Waals surface area contributed by atoms with Gasteiger partial charge in [0.2, 0.25) is 5.91 Å². The molecule has 0 saturated carbocycles. The molecule has 0 aliphatic heterocycles. The summed E-state index contributed by atoms with van der Waals surface area (Å²) in [6.07, 6.45) is 0. The van der Waals surface area contributed by atoms with E-state index >= 15 is 0 Å². The maximum atomic E-state index is 12.2. The quantitative estimate of drug-likeness (QED) is 0.757. The van der Waals surface area contributed by atoms with Crippen LogP contribution in [0.5, 0.6) is 0 Å². The fourth-order valence-corrected chi connectivity index (χ4v) is 2.60. The molecule has 2 rings (SSSR count). The van der Waals surface area contributed by atoms with E-state index in [-0.39, 0.29) is 5.91 Å². The highest BCUT2D eigenvalue weighted by molar-refractivity contribution is 14.1. The van der Waals surface area contributed by atoms with Crippen molar-refractivity contribution < 1.29 is 4.79 Å². The summed E-state index contributed by atoms with van der Waals surface area (Å²) in [5.41, 5.74) is 2.10. The summed E-state index contributed by atoms with van der Waals surface area (Å²) in [5, 5.41) is 2.97. The molecule has 0 radical (unpaired) electrons. The Bertz CT molecular complexity index is 586. The molecule has 0 unspecified atom stereocenters. The number of likely N-dealkylation sites (N-methyl/N-ethyl adjacent to an activating group) is 1. The number of para-hydroxylation sites is 1. The molecule has 0 heterocycles. The average molecular weight is 394 g/mol. The third kappa shape index (κ3) is 5.13. The van der Waals surface area contributed by atoms with Crippen molar-refractivity contribution in [1.29, 1.82) is 0 Å². The summed E-state index contributed by atoms with van der Waals surface area (Å²) in [6, 6.07) is 18.0. The molecule has 0 fully saturated rings. The number of benzene rings is 2. The number of rotatable bonds is 6. The summed E-state index contributed by atoms with van der Waals surface area (Å²) >= 11 is 2.23. The number of hydrogen-bond donors (Lipinski definition) is 1. The van der Waals surface area contributed by atoms with Crippen molar-refractivity contribution in [2.75, 3.05) is 18.4 Å². The Morgan fingerprint density at radius 2 is 1.76 bits per heavy atom. The number of carbonyl (C=O) groups excluding carboxylic acids is 1. The van der Waals surface area contributed by atoms with E-state index < -0.39 is 0 Å². The Hall–Kier alpha value is -1.40. The van der Waals surface area contributed by atoms with Crippen molar-refractivity contribution in [3.8, 4) is 0 Å². The fourth-order valence-electron chi connectivity index (χ4n) is 2.08. The van der Waals surface area contributed by atoms with Crippen LogP contribution >= 0.6 is 22.6 Å². The molecule has 3 nitrogen and oxygen atoms in total. The van der Waals surface area contributed by atoms with Gasteiger partial charge in [0.05, 0.1) is 12.2 Å². The smallest absolute Gasteiger partial charge is 0.238 e. The van der Waals surface area contributed by atoms with Crippen molar-refractivity contribution in [3.05, 3.63) is 63.7 Å². The molecule has 0 spiro atoms. The number of halogens is 1. The summed E-state index contributed by atoms with van der Waals surface area (Å²) in [5.74, 6) is 0.0249. The monoisotopic (exact) mass is 394 g/mol. The van der Waals surface area contributed by atoms with Crippen molar-refractivity contribution in [2.45, 2.75) is 13.5 Å². The number of hydrogen-bond acceptors (Lipinski definition) is 2. The van der Waals surface area contributed by atoms with Crippen LogP contribution in [0, 0.1) is 3.57 Å². The maximum Gasteiger partial charge on any atom is 0.238 e. The van der Waals surface area contributed by atoms with Crippen LogP contribution in [0.2, 0.25) is 0 Å². The molecule has 1 N–H and O–H groups in total. The second-order valence-electron chi connectivity index (χ2n) is 4.82. The number of carbonyl (C=O) groups is 1. The van der Waals surface area contributed by atoms with Gasteiger partial charge in [0.15, 0.2) is 0 Å². The minimum absolute atomic E-state index is 0.0249. The van der Waals surface area contributed by atoms with E-state index in [2.05, 4.69) is 51.9 Å². The minimum Gasteiger partial charge on any atom is -0.324 e. The topological polar surface area (TPSA) is 32.3 Å². The zero-order valence-corrected chi connectivity index (χ0v) is 14.2. The molecule has 1 amide bonds. The van der Waals surface area contributed by atoms with Crippen molar-refractivity contribution >= 4 is 34.2 Å². The lowest BCUT2D eigenvalue weighted by Crippen LogP contribution is -2.32. The van der Waals surface area contributed by atoms with Gasteiger partial charge in [-0.3, -0.25) is 9.69 Å². The molecular weight excluding hydrogens is 375 g/mol. The molecule has 2 aromatic carbocycles. The number of nitrogens with zero attached hydrogens (tertiary/aromatic N) is 1. The Kier molecular flexibility index (Phi) is 6.20. The largest absolute Gasteiger partial charge is 0.324 e. The van der Waals surface area contributed by atoms with Gasteiger partial charge < -0.3 is 5.32 Å². The van der Waals surface area contributed by atoms with Crippen LogP contribution in [0.15, 0.2) is 54.6 Å². The van der Waals surface area contributed by atoms with Crippen LogP contribution < -0.4 is 5.32 Å². The summed E-state index contributed by atoms with van der Waals surface area (Å²) in [4.78, 5) is 14.3. The predicted octanol–water partition coefficient (Wildman–Crippen LogP) is 3.75. The highest BCUT2D eigenvalue weighted by Gasteiger charge is 2.10.